The molecule has 1 aliphatic carbocycles. The van der Waals surface area contributed by atoms with Crippen molar-refractivity contribution in [1.82, 2.24) is 10.6 Å². The minimum absolute atomic E-state index is 0.137. The lowest BCUT2D eigenvalue weighted by molar-refractivity contribution is 0.0504. The van der Waals surface area contributed by atoms with Crippen LogP contribution in [0.4, 0.5) is 15.3 Å². The lowest BCUT2D eigenvalue weighted by atomic mass is 10.2. The fraction of sp³-hybridized carbons (Fsp3) is 0.652. The van der Waals surface area contributed by atoms with E-state index >= 15 is 0 Å². The first kappa shape index (κ1) is 24.8. The molecule has 0 spiro atoms. The van der Waals surface area contributed by atoms with Crippen molar-refractivity contribution in [2.45, 2.75) is 84.1 Å². The fourth-order valence-corrected chi connectivity index (χ4v) is 3.26. The molecule has 174 valence electrons. The fourth-order valence-electron chi connectivity index (χ4n) is 3.26. The van der Waals surface area contributed by atoms with Crippen molar-refractivity contribution in [1.29, 1.82) is 0 Å². The van der Waals surface area contributed by atoms with Gasteiger partial charge in [-0.25, -0.2) is 9.59 Å². The molecule has 2 unspecified atom stereocenters. The molecule has 8 nitrogen and oxygen atoms in total. The number of nitrogens with one attached hydrogen (secondary N) is 3. The Labute approximate surface area is 185 Å². The highest BCUT2D eigenvalue weighted by molar-refractivity contribution is 5.84. The molecule has 2 rings (SSSR count). The van der Waals surface area contributed by atoms with Crippen LogP contribution in [0.1, 0.15) is 60.8 Å². The van der Waals surface area contributed by atoms with E-state index in [0.29, 0.717) is 24.9 Å². The van der Waals surface area contributed by atoms with Gasteiger partial charge >= 0.3 is 12.2 Å². The molecule has 1 saturated carbocycles. The predicted octanol–water partition coefficient (Wildman–Crippen LogP) is 4.45. The van der Waals surface area contributed by atoms with E-state index in [0.717, 1.165) is 25.0 Å². The van der Waals surface area contributed by atoms with Crippen LogP contribution in [0.5, 0.6) is 5.75 Å². The van der Waals surface area contributed by atoms with Crippen LogP contribution in [-0.4, -0.2) is 48.6 Å². The third-order valence-electron chi connectivity index (χ3n) is 4.46. The lowest BCUT2D eigenvalue weighted by Crippen LogP contribution is -2.39. The summed E-state index contributed by atoms with van der Waals surface area (Å²) in [4.78, 5) is 23.7. The zero-order valence-corrected chi connectivity index (χ0v) is 19.5. The summed E-state index contributed by atoms with van der Waals surface area (Å²) in [5.74, 6) is 0.729. The molecule has 1 aromatic carbocycles. The second-order valence-electron chi connectivity index (χ2n) is 9.81. The number of rotatable bonds is 7. The molecule has 1 aromatic rings. The van der Waals surface area contributed by atoms with E-state index in [2.05, 4.69) is 16.0 Å². The highest BCUT2D eigenvalue weighted by atomic mass is 16.6. The van der Waals surface area contributed by atoms with E-state index in [1.807, 2.05) is 53.7 Å². The Balaban J connectivity index is 1.62. The molecule has 0 bridgehead atoms. The highest BCUT2D eigenvalue weighted by Gasteiger charge is 2.27. The Hall–Kier alpha value is -2.48. The van der Waals surface area contributed by atoms with E-state index in [1.54, 1.807) is 12.1 Å². The number of hydrogen-bond donors (Lipinski definition) is 3. The molecule has 0 radical (unpaired) electrons. The van der Waals surface area contributed by atoms with Crippen LogP contribution in [0.3, 0.4) is 0 Å². The number of ether oxygens (including phenoxy) is 3. The molecule has 8 heteroatoms. The van der Waals surface area contributed by atoms with Crippen molar-refractivity contribution >= 4 is 17.9 Å². The first-order chi connectivity index (χ1) is 14.4. The number of hydrogen-bond acceptors (Lipinski definition) is 6. The Morgan fingerprint density at radius 2 is 1.48 bits per heavy atom. The smallest absolute Gasteiger partial charge is 0.412 e. The van der Waals surface area contributed by atoms with Gasteiger partial charge in [0.15, 0.2) is 0 Å². The first-order valence-electron chi connectivity index (χ1n) is 10.9. The van der Waals surface area contributed by atoms with E-state index in [-0.39, 0.29) is 12.1 Å². The Morgan fingerprint density at radius 1 is 0.903 bits per heavy atom. The summed E-state index contributed by atoms with van der Waals surface area (Å²) < 4.78 is 16.3. The normalized spacial score (nSPS) is 18.9. The zero-order chi connectivity index (χ0) is 23.1. The second-order valence-corrected chi connectivity index (χ2v) is 9.81. The molecular weight excluding hydrogens is 398 g/mol. The third-order valence-corrected chi connectivity index (χ3v) is 4.46. The molecule has 2 atom stereocenters. The maximum Gasteiger partial charge on any atom is 0.412 e. The summed E-state index contributed by atoms with van der Waals surface area (Å²) >= 11 is 0. The van der Waals surface area contributed by atoms with Gasteiger partial charge in [-0.2, -0.15) is 0 Å². The number of carbonyl (C=O) groups is 2. The SMILES string of the molecule is CC(C)(C)OC(=O)Nc1ccc(OCCNC2CCC(NC(=O)OC(C)(C)C)C2)cc1. The summed E-state index contributed by atoms with van der Waals surface area (Å²) in [7, 11) is 0. The lowest BCUT2D eigenvalue weighted by Gasteiger charge is -2.21. The third kappa shape index (κ3) is 10.4. The minimum atomic E-state index is -0.536. The van der Waals surface area contributed by atoms with Crippen LogP contribution in [0, 0.1) is 0 Å². The molecule has 31 heavy (non-hydrogen) atoms. The van der Waals surface area contributed by atoms with E-state index in [9.17, 15) is 9.59 Å². The van der Waals surface area contributed by atoms with Gasteiger partial charge in [-0.15, -0.1) is 0 Å². The first-order valence-corrected chi connectivity index (χ1v) is 10.9. The summed E-state index contributed by atoms with van der Waals surface area (Å²) in [6.07, 6.45) is 1.98. The van der Waals surface area contributed by atoms with Gasteiger partial charge in [0.1, 0.15) is 23.6 Å². The van der Waals surface area contributed by atoms with Crippen LogP contribution in [-0.2, 0) is 9.47 Å². The summed E-state index contributed by atoms with van der Waals surface area (Å²) in [5.41, 5.74) is -0.373. The van der Waals surface area contributed by atoms with Gasteiger partial charge in [0, 0.05) is 24.3 Å². The van der Waals surface area contributed by atoms with Crippen LogP contribution in [0.2, 0.25) is 0 Å². The Bertz CT molecular complexity index is 722. The van der Waals surface area contributed by atoms with Gasteiger partial charge in [0.05, 0.1) is 0 Å². The topological polar surface area (TPSA) is 97.9 Å². The van der Waals surface area contributed by atoms with E-state index in [1.165, 1.54) is 0 Å². The van der Waals surface area contributed by atoms with Gasteiger partial charge in [-0.1, -0.05) is 0 Å². The number of carbonyl (C=O) groups excluding carboxylic acids is 2. The number of benzene rings is 1. The number of alkyl carbamates (subject to hydrolysis) is 1. The largest absolute Gasteiger partial charge is 0.492 e. The molecule has 0 heterocycles. The van der Waals surface area contributed by atoms with Crippen molar-refractivity contribution in [2.24, 2.45) is 0 Å². The quantitative estimate of drug-likeness (QED) is 0.548. The molecule has 0 saturated heterocycles. The molecule has 0 aromatic heterocycles. The minimum Gasteiger partial charge on any atom is -0.492 e. The van der Waals surface area contributed by atoms with Crippen LogP contribution in [0.15, 0.2) is 24.3 Å². The van der Waals surface area contributed by atoms with Crippen molar-refractivity contribution in [3.63, 3.8) is 0 Å². The van der Waals surface area contributed by atoms with Crippen molar-refractivity contribution in [2.75, 3.05) is 18.5 Å². The van der Waals surface area contributed by atoms with Crippen LogP contribution >= 0.6 is 0 Å². The maximum atomic E-state index is 11.9. The average Bonchev–Trinajstić information content (AvgIpc) is 3.04. The predicted molar refractivity (Wildman–Crippen MR) is 121 cm³/mol. The zero-order valence-electron chi connectivity index (χ0n) is 19.5. The van der Waals surface area contributed by atoms with Crippen LogP contribution in [0.25, 0.3) is 0 Å². The van der Waals surface area contributed by atoms with Gasteiger partial charge in [0.2, 0.25) is 0 Å². The maximum absolute atomic E-state index is 11.9. The van der Waals surface area contributed by atoms with Crippen molar-refractivity contribution in [3.05, 3.63) is 24.3 Å². The molecular formula is C23H37N3O5. The monoisotopic (exact) mass is 435 g/mol. The van der Waals surface area contributed by atoms with E-state index in [4.69, 9.17) is 14.2 Å². The number of amides is 2. The Kier molecular flexibility index (Phi) is 8.56. The molecule has 1 fully saturated rings. The van der Waals surface area contributed by atoms with Crippen molar-refractivity contribution in [3.8, 4) is 5.75 Å². The summed E-state index contributed by atoms with van der Waals surface area (Å²) in [6.45, 7) is 12.3. The molecule has 2 amide bonds. The Morgan fingerprint density at radius 3 is 2.10 bits per heavy atom. The summed E-state index contributed by atoms with van der Waals surface area (Å²) in [5, 5.41) is 9.11. The van der Waals surface area contributed by atoms with Gasteiger partial charge in [-0.3, -0.25) is 5.32 Å². The standard InChI is InChI=1S/C23H37N3O5/c1-22(2,3)30-20(27)25-16-9-11-19(12-10-16)29-14-13-24-17-7-8-18(15-17)26-21(28)31-23(4,5)6/h9-12,17-18,24H,7-8,13-15H2,1-6H3,(H,25,27)(H,26,28). The molecule has 0 aliphatic heterocycles. The van der Waals surface area contributed by atoms with Crippen LogP contribution < -0.4 is 20.7 Å². The summed E-state index contributed by atoms with van der Waals surface area (Å²) in [6, 6.07) is 7.65. The van der Waals surface area contributed by atoms with Gasteiger partial charge < -0.3 is 24.8 Å². The van der Waals surface area contributed by atoms with Crippen molar-refractivity contribution < 1.29 is 23.8 Å². The van der Waals surface area contributed by atoms with Gasteiger partial charge in [-0.05, 0) is 85.1 Å². The van der Waals surface area contributed by atoms with Gasteiger partial charge in [0.25, 0.3) is 0 Å². The molecule has 3 N–H and O–H groups in total. The second kappa shape index (κ2) is 10.7. The molecule has 1 aliphatic rings. The number of anilines is 1. The van der Waals surface area contributed by atoms with E-state index < -0.39 is 17.3 Å². The highest BCUT2D eigenvalue weighted by Crippen LogP contribution is 2.20. The average molecular weight is 436 g/mol.